The van der Waals surface area contributed by atoms with E-state index in [1.807, 2.05) is 0 Å². The summed E-state index contributed by atoms with van der Waals surface area (Å²) in [6, 6.07) is 14.0. The smallest absolute Gasteiger partial charge is 0.258 e. The van der Waals surface area contributed by atoms with Crippen molar-refractivity contribution in [2.45, 2.75) is 0 Å². The van der Waals surface area contributed by atoms with Gasteiger partial charge < -0.3 is 0 Å². The van der Waals surface area contributed by atoms with Crippen LogP contribution in [0.5, 0.6) is 0 Å². The summed E-state index contributed by atoms with van der Waals surface area (Å²) in [7, 11) is 0. The van der Waals surface area contributed by atoms with Gasteiger partial charge in [0.2, 0.25) is 0 Å². The average Bonchev–Trinajstić information content (AvgIpc) is 3.16. The molecule has 0 atom stereocenters. The Morgan fingerprint density at radius 1 is 1.07 bits per heavy atom. The van der Waals surface area contributed by atoms with Gasteiger partial charge in [0, 0.05) is 35.2 Å². The Labute approximate surface area is 157 Å². The molecule has 0 N–H and O–H groups in total. The maximum absolute atomic E-state index is 10.9. The molecule has 0 radical (unpaired) electrons. The monoisotopic (exact) mass is 378 g/mol. The Hall–Kier alpha value is -3.90. The van der Waals surface area contributed by atoms with Crippen molar-refractivity contribution < 1.29 is 9.85 Å². The molecule has 0 amide bonds. The van der Waals surface area contributed by atoms with Gasteiger partial charge in [0.1, 0.15) is 11.1 Å². The van der Waals surface area contributed by atoms with E-state index in [2.05, 4.69) is 11.1 Å². The SMILES string of the molecule is N#C/C(=C\c1cccc([N+](=O)[O-])c1)c1nc(-c2ccc([N+](=O)[O-])cc2)cs1. The third-order valence-corrected chi connectivity index (χ3v) is 4.50. The minimum atomic E-state index is -0.501. The first-order valence-corrected chi connectivity index (χ1v) is 8.43. The Morgan fingerprint density at radius 2 is 1.78 bits per heavy atom. The Balaban J connectivity index is 1.91. The average molecular weight is 378 g/mol. The van der Waals surface area contributed by atoms with Crippen molar-refractivity contribution in [3.63, 3.8) is 0 Å². The first-order valence-electron chi connectivity index (χ1n) is 7.55. The number of allylic oxidation sites excluding steroid dienone is 1. The van der Waals surface area contributed by atoms with Crippen molar-refractivity contribution in [1.82, 2.24) is 4.98 Å². The minimum absolute atomic E-state index is 0.0162. The second kappa shape index (κ2) is 7.55. The van der Waals surface area contributed by atoms with E-state index in [4.69, 9.17) is 0 Å². The molecule has 2 aromatic carbocycles. The van der Waals surface area contributed by atoms with Crippen molar-refractivity contribution in [3.05, 3.63) is 84.7 Å². The van der Waals surface area contributed by atoms with E-state index >= 15 is 0 Å². The number of aromatic nitrogens is 1. The van der Waals surface area contributed by atoms with Crippen LogP contribution >= 0.6 is 11.3 Å². The van der Waals surface area contributed by atoms with Crippen LogP contribution in [0.2, 0.25) is 0 Å². The van der Waals surface area contributed by atoms with E-state index in [-0.39, 0.29) is 16.9 Å². The largest absolute Gasteiger partial charge is 0.270 e. The summed E-state index contributed by atoms with van der Waals surface area (Å²) in [4.78, 5) is 25.0. The topological polar surface area (TPSA) is 123 Å². The van der Waals surface area contributed by atoms with Crippen molar-refractivity contribution >= 4 is 34.4 Å². The quantitative estimate of drug-likeness (QED) is 0.360. The summed E-state index contributed by atoms with van der Waals surface area (Å²) in [5.74, 6) is 0. The van der Waals surface area contributed by atoms with Crippen LogP contribution in [0.15, 0.2) is 53.9 Å². The number of nitro benzene ring substituents is 2. The molecule has 0 aliphatic heterocycles. The zero-order chi connectivity index (χ0) is 19.4. The highest BCUT2D eigenvalue weighted by molar-refractivity contribution is 7.11. The molecule has 9 heteroatoms. The van der Waals surface area contributed by atoms with Gasteiger partial charge in [-0.15, -0.1) is 11.3 Å². The predicted molar refractivity (Wildman–Crippen MR) is 101 cm³/mol. The van der Waals surface area contributed by atoms with Crippen LogP contribution in [0, 0.1) is 31.6 Å². The Bertz CT molecular complexity index is 1100. The van der Waals surface area contributed by atoms with Crippen LogP contribution in [0.1, 0.15) is 10.6 Å². The van der Waals surface area contributed by atoms with Gasteiger partial charge in [0.05, 0.1) is 21.1 Å². The first-order chi connectivity index (χ1) is 13.0. The molecule has 0 saturated heterocycles. The van der Waals surface area contributed by atoms with Crippen LogP contribution < -0.4 is 0 Å². The molecule has 0 bridgehead atoms. The van der Waals surface area contributed by atoms with E-state index < -0.39 is 9.85 Å². The minimum Gasteiger partial charge on any atom is -0.258 e. The fourth-order valence-electron chi connectivity index (χ4n) is 2.32. The fraction of sp³-hybridized carbons (Fsp3) is 0. The van der Waals surface area contributed by atoms with E-state index in [1.165, 1.54) is 41.7 Å². The lowest BCUT2D eigenvalue weighted by Gasteiger charge is -1.97. The van der Waals surface area contributed by atoms with Crippen molar-refractivity contribution in [1.29, 1.82) is 5.26 Å². The van der Waals surface area contributed by atoms with Crippen LogP contribution in [-0.4, -0.2) is 14.8 Å². The van der Waals surface area contributed by atoms with Crippen molar-refractivity contribution in [2.24, 2.45) is 0 Å². The molecule has 0 spiro atoms. The van der Waals surface area contributed by atoms with E-state index in [9.17, 15) is 25.5 Å². The van der Waals surface area contributed by atoms with Gasteiger partial charge in [-0.1, -0.05) is 12.1 Å². The highest BCUT2D eigenvalue weighted by atomic mass is 32.1. The summed E-state index contributed by atoms with van der Waals surface area (Å²) in [6.45, 7) is 0. The van der Waals surface area contributed by atoms with Crippen molar-refractivity contribution in [2.75, 3.05) is 0 Å². The molecule has 0 unspecified atom stereocenters. The van der Waals surface area contributed by atoms with Gasteiger partial charge in [-0.3, -0.25) is 20.2 Å². The standard InChI is InChI=1S/C18H10N4O4S/c19-10-14(8-12-2-1-3-16(9-12)22(25)26)18-20-17(11-27-18)13-4-6-15(7-5-13)21(23)24/h1-9,11H/b14-8+. The molecule has 8 nitrogen and oxygen atoms in total. The normalized spacial score (nSPS) is 11.0. The molecule has 132 valence electrons. The number of rotatable bonds is 5. The van der Waals surface area contributed by atoms with Crippen molar-refractivity contribution in [3.8, 4) is 17.3 Å². The predicted octanol–water partition coefficient (Wildman–Crippen LogP) is 4.69. The van der Waals surface area contributed by atoms with Gasteiger partial charge in [0.25, 0.3) is 11.4 Å². The van der Waals surface area contributed by atoms with Gasteiger partial charge in [-0.25, -0.2) is 4.98 Å². The molecule has 0 fully saturated rings. The summed E-state index contributed by atoms with van der Waals surface area (Å²) in [5.41, 5.74) is 1.99. The van der Waals surface area contributed by atoms with Crippen LogP contribution in [-0.2, 0) is 0 Å². The summed E-state index contributed by atoms with van der Waals surface area (Å²) < 4.78 is 0. The summed E-state index contributed by atoms with van der Waals surface area (Å²) >= 11 is 1.25. The number of nitrogens with zero attached hydrogens (tertiary/aromatic N) is 4. The fourth-order valence-corrected chi connectivity index (χ4v) is 3.12. The molecule has 1 aromatic heterocycles. The number of nitriles is 1. The molecule has 0 aliphatic rings. The molecule has 0 saturated carbocycles. The molecule has 27 heavy (non-hydrogen) atoms. The van der Waals surface area contributed by atoms with Gasteiger partial charge >= 0.3 is 0 Å². The number of nitro groups is 2. The number of hydrogen-bond acceptors (Lipinski definition) is 7. The Kier molecular flexibility index (Phi) is 5.01. The maximum atomic E-state index is 10.9. The highest BCUT2D eigenvalue weighted by Gasteiger charge is 2.12. The molecule has 3 rings (SSSR count). The zero-order valence-corrected chi connectivity index (χ0v) is 14.4. The highest BCUT2D eigenvalue weighted by Crippen LogP contribution is 2.28. The maximum Gasteiger partial charge on any atom is 0.270 e. The van der Waals surface area contributed by atoms with E-state index in [0.29, 0.717) is 21.8 Å². The van der Waals surface area contributed by atoms with Crippen LogP contribution in [0.25, 0.3) is 22.9 Å². The van der Waals surface area contributed by atoms with E-state index in [0.717, 1.165) is 0 Å². The molecular weight excluding hydrogens is 368 g/mol. The van der Waals surface area contributed by atoms with Gasteiger partial charge in [-0.2, -0.15) is 5.26 Å². The van der Waals surface area contributed by atoms with Crippen LogP contribution in [0.3, 0.4) is 0 Å². The summed E-state index contributed by atoms with van der Waals surface area (Å²) in [6.07, 6.45) is 1.53. The van der Waals surface area contributed by atoms with Gasteiger partial charge in [0.15, 0.2) is 0 Å². The molecule has 0 aliphatic carbocycles. The Morgan fingerprint density at radius 3 is 2.41 bits per heavy atom. The lowest BCUT2D eigenvalue weighted by Crippen LogP contribution is -1.88. The lowest BCUT2D eigenvalue weighted by atomic mass is 10.1. The number of benzene rings is 2. The molecule has 3 aromatic rings. The number of hydrogen-bond donors (Lipinski definition) is 0. The third-order valence-electron chi connectivity index (χ3n) is 3.62. The summed E-state index contributed by atoms with van der Waals surface area (Å²) in [5, 5.41) is 33.2. The second-order valence-electron chi connectivity index (χ2n) is 5.36. The number of non-ortho nitro benzene ring substituents is 2. The second-order valence-corrected chi connectivity index (χ2v) is 6.22. The third kappa shape index (κ3) is 4.02. The number of thiazole rings is 1. The van der Waals surface area contributed by atoms with Gasteiger partial charge in [-0.05, 0) is 23.8 Å². The zero-order valence-electron chi connectivity index (χ0n) is 13.6. The lowest BCUT2D eigenvalue weighted by molar-refractivity contribution is -0.385. The first kappa shape index (κ1) is 17.9. The molecule has 1 heterocycles. The van der Waals surface area contributed by atoms with E-state index in [1.54, 1.807) is 29.6 Å². The van der Waals surface area contributed by atoms with Crippen LogP contribution in [0.4, 0.5) is 11.4 Å². The molecular formula is C18H10N4O4S.